The van der Waals surface area contributed by atoms with Crippen molar-refractivity contribution in [2.24, 2.45) is 0 Å². The highest BCUT2D eigenvalue weighted by atomic mass is 16.5. The lowest BCUT2D eigenvalue weighted by molar-refractivity contribution is 0.269. The lowest BCUT2D eigenvalue weighted by Crippen LogP contribution is -2.02. The van der Waals surface area contributed by atoms with Crippen LogP contribution in [0.25, 0.3) is 0 Å². The van der Waals surface area contributed by atoms with Crippen molar-refractivity contribution >= 4 is 5.69 Å². The number of rotatable bonds is 6. The van der Waals surface area contributed by atoms with Crippen molar-refractivity contribution in [3.05, 3.63) is 41.7 Å². The van der Waals surface area contributed by atoms with Crippen LogP contribution in [-0.4, -0.2) is 28.6 Å². The van der Waals surface area contributed by atoms with Crippen LogP contribution in [0.5, 0.6) is 5.75 Å². The summed E-state index contributed by atoms with van der Waals surface area (Å²) in [6.07, 6.45) is 3.73. The summed E-state index contributed by atoms with van der Waals surface area (Å²) in [4.78, 5) is 0. The number of aliphatic hydroxyl groups is 1. The largest absolute Gasteiger partial charge is 0.496 e. The minimum Gasteiger partial charge on any atom is -0.496 e. The van der Waals surface area contributed by atoms with Crippen LogP contribution in [0.4, 0.5) is 5.69 Å². The van der Waals surface area contributed by atoms with E-state index in [1.54, 1.807) is 18.0 Å². The third-order valence-electron chi connectivity index (χ3n) is 2.91. The van der Waals surface area contributed by atoms with Gasteiger partial charge in [0.05, 0.1) is 26.5 Å². The Hall–Kier alpha value is -2.01. The topological polar surface area (TPSA) is 59.3 Å². The van der Waals surface area contributed by atoms with E-state index in [0.29, 0.717) is 13.1 Å². The lowest BCUT2D eigenvalue weighted by atomic mass is 10.2. The van der Waals surface area contributed by atoms with Crippen molar-refractivity contribution < 1.29 is 9.84 Å². The fourth-order valence-corrected chi connectivity index (χ4v) is 1.91. The minimum absolute atomic E-state index is 0.103. The molecule has 0 amide bonds. The van der Waals surface area contributed by atoms with Crippen LogP contribution in [0.2, 0.25) is 0 Å². The summed E-state index contributed by atoms with van der Waals surface area (Å²) in [5.41, 5.74) is 3.23. The van der Waals surface area contributed by atoms with Crippen molar-refractivity contribution in [3.63, 3.8) is 0 Å². The Morgan fingerprint density at radius 1 is 1.42 bits per heavy atom. The molecule has 2 aromatic rings. The number of aryl methyl sites for hydroxylation is 1. The number of aliphatic hydroxyl groups excluding tert-OH is 1. The molecular weight excluding hydrogens is 242 g/mol. The van der Waals surface area contributed by atoms with E-state index in [4.69, 9.17) is 9.84 Å². The second-order valence-corrected chi connectivity index (χ2v) is 4.37. The van der Waals surface area contributed by atoms with Crippen molar-refractivity contribution in [1.29, 1.82) is 0 Å². The Labute approximate surface area is 112 Å². The maximum atomic E-state index is 8.83. The van der Waals surface area contributed by atoms with Crippen molar-refractivity contribution in [2.45, 2.75) is 20.0 Å². The Morgan fingerprint density at radius 2 is 2.26 bits per heavy atom. The molecule has 102 valence electrons. The third-order valence-corrected chi connectivity index (χ3v) is 2.91. The molecule has 1 aromatic heterocycles. The molecule has 0 saturated heterocycles. The molecule has 0 bridgehead atoms. The highest BCUT2D eigenvalue weighted by molar-refractivity contribution is 5.50. The zero-order chi connectivity index (χ0) is 13.7. The van der Waals surface area contributed by atoms with Crippen LogP contribution < -0.4 is 10.1 Å². The van der Waals surface area contributed by atoms with E-state index in [1.807, 2.05) is 25.3 Å². The van der Waals surface area contributed by atoms with Crippen molar-refractivity contribution in [2.75, 3.05) is 19.0 Å². The van der Waals surface area contributed by atoms with E-state index in [0.717, 1.165) is 22.6 Å². The van der Waals surface area contributed by atoms with E-state index in [9.17, 15) is 0 Å². The quantitative estimate of drug-likeness (QED) is 0.832. The van der Waals surface area contributed by atoms with Gasteiger partial charge in [0.1, 0.15) is 5.75 Å². The number of aromatic nitrogens is 2. The molecule has 5 heteroatoms. The van der Waals surface area contributed by atoms with Gasteiger partial charge >= 0.3 is 0 Å². The molecule has 2 rings (SSSR count). The maximum absolute atomic E-state index is 8.83. The Morgan fingerprint density at radius 3 is 2.95 bits per heavy atom. The number of hydrogen-bond donors (Lipinski definition) is 2. The molecule has 5 nitrogen and oxygen atoms in total. The second kappa shape index (κ2) is 6.24. The molecule has 1 heterocycles. The predicted octanol–water partition coefficient (Wildman–Crippen LogP) is 1.80. The van der Waals surface area contributed by atoms with E-state index < -0.39 is 0 Å². The molecular formula is C14H19N3O2. The molecule has 0 aliphatic heterocycles. The number of methoxy groups -OCH3 is 1. The zero-order valence-corrected chi connectivity index (χ0v) is 11.3. The smallest absolute Gasteiger partial charge is 0.121 e. The van der Waals surface area contributed by atoms with Gasteiger partial charge < -0.3 is 15.2 Å². The highest BCUT2D eigenvalue weighted by Gasteiger charge is 2.01. The van der Waals surface area contributed by atoms with Crippen LogP contribution >= 0.6 is 0 Å². The summed E-state index contributed by atoms with van der Waals surface area (Å²) in [6.45, 7) is 3.36. The van der Waals surface area contributed by atoms with Gasteiger partial charge in [-0.25, -0.2) is 0 Å². The van der Waals surface area contributed by atoms with E-state index in [2.05, 4.69) is 16.5 Å². The molecule has 0 atom stereocenters. The first kappa shape index (κ1) is 13.4. The highest BCUT2D eigenvalue weighted by Crippen LogP contribution is 2.21. The average molecular weight is 261 g/mol. The number of hydrogen-bond acceptors (Lipinski definition) is 4. The second-order valence-electron chi connectivity index (χ2n) is 4.37. The monoisotopic (exact) mass is 261 g/mol. The maximum Gasteiger partial charge on any atom is 0.121 e. The Bertz CT molecular complexity index is 537. The van der Waals surface area contributed by atoms with Gasteiger partial charge in [-0.3, -0.25) is 4.68 Å². The zero-order valence-electron chi connectivity index (χ0n) is 11.3. The van der Waals surface area contributed by atoms with Gasteiger partial charge in [0.15, 0.2) is 0 Å². The molecule has 0 unspecified atom stereocenters. The number of ether oxygens (including phenoxy) is 1. The predicted molar refractivity (Wildman–Crippen MR) is 74.4 cm³/mol. The van der Waals surface area contributed by atoms with Crippen molar-refractivity contribution in [1.82, 2.24) is 9.78 Å². The van der Waals surface area contributed by atoms with Gasteiger partial charge in [-0.05, 0) is 30.7 Å². The molecule has 19 heavy (non-hydrogen) atoms. The van der Waals surface area contributed by atoms with Crippen molar-refractivity contribution in [3.8, 4) is 5.75 Å². The fourth-order valence-electron chi connectivity index (χ4n) is 1.91. The van der Waals surface area contributed by atoms with Gasteiger partial charge in [-0.2, -0.15) is 5.10 Å². The molecule has 1 aromatic carbocycles. The molecule has 0 saturated carbocycles. The van der Waals surface area contributed by atoms with E-state index in [-0.39, 0.29) is 6.61 Å². The molecule has 0 aliphatic carbocycles. The minimum atomic E-state index is 0.103. The first-order valence-corrected chi connectivity index (χ1v) is 6.23. The van der Waals surface area contributed by atoms with Crippen LogP contribution in [0.15, 0.2) is 30.6 Å². The van der Waals surface area contributed by atoms with E-state index >= 15 is 0 Å². The standard InChI is InChI=1S/C14H19N3O2/c1-11-7-13(3-4-14(11)19-2)15-8-12-9-16-17(10-12)5-6-18/h3-4,7,9-10,15,18H,5-6,8H2,1-2H3. The summed E-state index contributed by atoms with van der Waals surface area (Å²) in [7, 11) is 1.67. The summed E-state index contributed by atoms with van der Waals surface area (Å²) in [5, 5.41) is 16.3. The summed E-state index contributed by atoms with van der Waals surface area (Å²) in [6, 6.07) is 5.99. The molecule has 0 fully saturated rings. The lowest BCUT2D eigenvalue weighted by Gasteiger charge is -2.09. The molecule has 2 N–H and O–H groups in total. The molecule has 0 radical (unpaired) electrons. The van der Waals surface area contributed by atoms with Gasteiger partial charge in [-0.15, -0.1) is 0 Å². The number of anilines is 1. The Balaban J connectivity index is 1.95. The van der Waals surface area contributed by atoms with E-state index in [1.165, 1.54) is 0 Å². The first-order chi connectivity index (χ1) is 9.22. The van der Waals surface area contributed by atoms with Gasteiger partial charge in [0.2, 0.25) is 0 Å². The molecule has 0 aliphatic rings. The number of benzene rings is 1. The average Bonchev–Trinajstić information content (AvgIpc) is 2.85. The fraction of sp³-hybridized carbons (Fsp3) is 0.357. The summed E-state index contributed by atoms with van der Waals surface area (Å²) < 4.78 is 6.96. The van der Waals surface area contributed by atoms with Gasteiger partial charge in [-0.1, -0.05) is 0 Å². The van der Waals surface area contributed by atoms with Gasteiger partial charge in [0.25, 0.3) is 0 Å². The van der Waals surface area contributed by atoms with Crippen LogP contribution in [-0.2, 0) is 13.1 Å². The first-order valence-electron chi connectivity index (χ1n) is 6.23. The summed E-state index contributed by atoms with van der Waals surface area (Å²) in [5.74, 6) is 0.890. The SMILES string of the molecule is COc1ccc(NCc2cnn(CCO)c2)cc1C. The number of nitrogens with one attached hydrogen (secondary N) is 1. The van der Waals surface area contributed by atoms with Crippen LogP contribution in [0.1, 0.15) is 11.1 Å². The van der Waals surface area contributed by atoms with Gasteiger partial charge in [0, 0.05) is 24.0 Å². The van der Waals surface area contributed by atoms with Crippen LogP contribution in [0.3, 0.4) is 0 Å². The normalized spacial score (nSPS) is 10.5. The third kappa shape index (κ3) is 3.48. The van der Waals surface area contributed by atoms with Crippen LogP contribution in [0, 0.1) is 6.92 Å². The summed E-state index contributed by atoms with van der Waals surface area (Å²) >= 11 is 0. The number of nitrogens with zero attached hydrogens (tertiary/aromatic N) is 2. The molecule has 0 spiro atoms. The Kier molecular flexibility index (Phi) is 4.41.